The number of carbonyl (C=O) groups excluding carboxylic acids is 1. The molecule has 0 radical (unpaired) electrons. The van der Waals surface area contributed by atoms with Gasteiger partial charge in [-0.3, -0.25) is 9.69 Å². The molecule has 0 unspecified atom stereocenters. The molecule has 5 heteroatoms. The third kappa shape index (κ3) is 3.85. The molecule has 1 aromatic rings. The van der Waals surface area contributed by atoms with E-state index in [1.165, 1.54) is 5.56 Å². The Labute approximate surface area is 131 Å². The smallest absolute Gasteiger partial charge is 0.251 e. The summed E-state index contributed by atoms with van der Waals surface area (Å²) in [5.41, 5.74) is 2.97. The number of nitrogens with zero attached hydrogens (tertiary/aromatic N) is 1. The van der Waals surface area contributed by atoms with Crippen LogP contribution in [0.1, 0.15) is 27.9 Å². The molecule has 2 aliphatic heterocycles. The fraction of sp³-hybridized carbons (Fsp3) is 0.588. The van der Waals surface area contributed by atoms with Crippen LogP contribution in [0.5, 0.6) is 0 Å². The molecule has 0 bridgehead atoms. The summed E-state index contributed by atoms with van der Waals surface area (Å²) in [6, 6.07) is 6.32. The summed E-state index contributed by atoms with van der Waals surface area (Å²) in [7, 11) is 0. The Bertz CT molecular complexity index is 521. The number of benzene rings is 1. The molecule has 1 atom stereocenters. The zero-order chi connectivity index (χ0) is 15.4. The number of rotatable bonds is 4. The molecule has 120 valence electrons. The van der Waals surface area contributed by atoms with Crippen LogP contribution in [0.4, 0.5) is 0 Å². The first-order valence-electron chi connectivity index (χ1n) is 8.00. The number of carbonyl (C=O) groups is 1. The Morgan fingerprint density at radius 2 is 2.09 bits per heavy atom. The number of aryl methyl sites for hydroxylation is 1. The van der Waals surface area contributed by atoms with Gasteiger partial charge in [-0.2, -0.15) is 0 Å². The number of hydrogen-bond acceptors (Lipinski definition) is 4. The van der Waals surface area contributed by atoms with Crippen molar-refractivity contribution >= 4 is 5.91 Å². The van der Waals surface area contributed by atoms with Crippen LogP contribution in [0.2, 0.25) is 0 Å². The van der Waals surface area contributed by atoms with Gasteiger partial charge in [0.25, 0.3) is 5.91 Å². The fourth-order valence-corrected chi connectivity index (χ4v) is 2.94. The molecule has 0 aromatic heterocycles. The van der Waals surface area contributed by atoms with Gasteiger partial charge in [-0.15, -0.1) is 0 Å². The second kappa shape index (κ2) is 7.22. The molecule has 1 N–H and O–H groups in total. The minimum atomic E-state index is 0.0110. The third-order valence-corrected chi connectivity index (χ3v) is 4.32. The highest BCUT2D eigenvalue weighted by Crippen LogP contribution is 2.15. The van der Waals surface area contributed by atoms with E-state index < -0.39 is 0 Å². The van der Waals surface area contributed by atoms with E-state index in [4.69, 9.17) is 9.47 Å². The maximum absolute atomic E-state index is 12.5. The van der Waals surface area contributed by atoms with E-state index in [1.807, 2.05) is 19.1 Å². The van der Waals surface area contributed by atoms with Crippen molar-refractivity contribution in [2.24, 2.45) is 0 Å². The van der Waals surface area contributed by atoms with Crippen molar-refractivity contribution in [2.45, 2.75) is 25.9 Å². The Kier molecular flexibility index (Phi) is 5.08. The van der Waals surface area contributed by atoms with E-state index in [0.717, 1.165) is 57.0 Å². The first-order valence-corrected chi connectivity index (χ1v) is 8.00. The van der Waals surface area contributed by atoms with E-state index in [2.05, 4.69) is 16.3 Å². The summed E-state index contributed by atoms with van der Waals surface area (Å²) < 4.78 is 10.7. The normalized spacial score (nSPS) is 22.7. The van der Waals surface area contributed by atoms with Gasteiger partial charge in [0.2, 0.25) is 0 Å². The molecule has 5 nitrogen and oxygen atoms in total. The molecule has 2 aliphatic rings. The predicted molar refractivity (Wildman–Crippen MR) is 84.0 cm³/mol. The molecule has 2 fully saturated rings. The van der Waals surface area contributed by atoms with E-state index in [-0.39, 0.29) is 11.9 Å². The maximum Gasteiger partial charge on any atom is 0.251 e. The zero-order valence-corrected chi connectivity index (χ0v) is 13.1. The quantitative estimate of drug-likeness (QED) is 0.912. The van der Waals surface area contributed by atoms with Crippen LogP contribution in [0, 0.1) is 6.92 Å². The highest BCUT2D eigenvalue weighted by Gasteiger charge is 2.20. The lowest BCUT2D eigenvalue weighted by molar-refractivity contribution is 0.0342. The average molecular weight is 304 g/mol. The highest BCUT2D eigenvalue weighted by atomic mass is 16.5. The van der Waals surface area contributed by atoms with Crippen LogP contribution in [0.25, 0.3) is 0 Å². The molecule has 1 aromatic carbocycles. The molecule has 3 rings (SSSR count). The molecular weight excluding hydrogens is 280 g/mol. The number of nitrogens with one attached hydrogen (secondary N) is 1. The van der Waals surface area contributed by atoms with Gasteiger partial charge in [0.05, 0.1) is 25.9 Å². The lowest BCUT2D eigenvalue weighted by Crippen LogP contribution is -2.36. The van der Waals surface area contributed by atoms with Gasteiger partial charge in [0.1, 0.15) is 0 Å². The summed E-state index contributed by atoms with van der Waals surface area (Å²) in [5.74, 6) is 0.0110. The van der Waals surface area contributed by atoms with Crippen molar-refractivity contribution < 1.29 is 14.3 Å². The summed E-state index contributed by atoms with van der Waals surface area (Å²) >= 11 is 0. The van der Waals surface area contributed by atoms with Crippen molar-refractivity contribution in [3.8, 4) is 0 Å². The lowest BCUT2D eigenvalue weighted by Gasteiger charge is -2.26. The number of ether oxygens (including phenoxy) is 2. The summed E-state index contributed by atoms with van der Waals surface area (Å²) in [4.78, 5) is 14.8. The molecular formula is C17H24N2O3. The summed E-state index contributed by atoms with van der Waals surface area (Å²) in [6.45, 7) is 7.71. The van der Waals surface area contributed by atoms with Crippen LogP contribution in [-0.4, -0.2) is 56.4 Å². The molecule has 0 aliphatic carbocycles. The molecule has 1 amide bonds. The van der Waals surface area contributed by atoms with Crippen molar-refractivity contribution in [3.63, 3.8) is 0 Å². The minimum absolute atomic E-state index is 0.0110. The Morgan fingerprint density at radius 3 is 2.82 bits per heavy atom. The van der Waals surface area contributed by atoms with Gasteiger partial charge in [0, 0.05) is 31.8 Å². The summed E-state index contributed by atoms with van der Waals surface area (Å²) in [6.07, 6.45) is 0.901. The Hall–Kier alpha value is -1.43. The standard InChI is InChI=1S/C17H24N2O3/c1-13-2-3-14(11-19-5-8-21-9-6-19)10-16(13)17(20)18-15-4-7-22-12-15/h2-3,10,15H,4-9,11-12H2,1H3,(H,18,20)/t15-/m1/s1. The second-order valence-electron chi connectivity index (χ2n) is 6.07. The first kappa shape index (κ1) is 15.5. The van der Waals surface area contributed by atoms with Crippen molar-refractivity contribution in [1.82, 2.24) is 10.2 Å². The van der Waals surface area contributed by atoms with Gasteiger partial charge in [-0.1, -0.05) is 12.1 Å². The fourth-order valence-electron chi connectivity index (χ4n) is 2.94. The van der Waals surface area contributed by atoms with Gasteiger partial charge in [0.15, 0.2) is 0 Å². The molecule has 0 spiro atoms. The third-order valence-electron chi connectivity index (χ3n) is 4.32. The van der Waals surface area contributed by atoms with Crippen LogP contribution < -0.4 is 5.32 Å². The topological polar surface area (TPSA) is 50.8 Å². The van der Waals surface area contributed by atoms with Crippen LogP contribution >= 0.6 is 0 Å². The number of amides is 1. The van der Waals surface area contributed by atoms with E-state index >= 15 is 0 Å². The maximum atomic E-state index is 12.5. The van der Waals surface area contributed by atoms with Gasteiger partial charge >= 0.3 is 0 Å². The zero-order valence-electron chi connectivity index (χ0n) is 13.1. The number of morpholine rings is 1. The van der Waals surface area contributed by atoms with Crippen LogP contribution in [0.3, 0.4) is 0 Å². The molecule has 0 saturated carbocycles. The average Bonchev–Trinajstić information content (AvgIpc) is 3.03. The van der Waals surface area contributed by atoms with Crippen molar-refractivity contribution in [3.05, 3.63) is 34.9 Å². The summed E-state index contributed by atoms with van der Waals surface area (Å²) in [5, 5.41) is 3.07. The number of hydrogen-bond donors (Lipinski definition) is 1. The second-order valence-corrected chi connectivity index (χ2v) is 6.07. The SMILES string of the molecule is Cc1ccc(CN2CCOCC2)cc1C(=O)N[C@@H]1CCOC1. The predicted octanol–water partition coefficient (Wildman–Crippen LogP) is 1.35. The van der Waals surface area contributed by atoms with Crippen LogP contribution in [-0.2, 0) is 16.0 Å². The lowest BCUT2D eigenvalue weighted by atomic mass is 10.0. The Balaban J connectivity index is 1.67. The van der Waals surface area contributed by atoms with Crippen LogP contribution in [0.15, 0.2) is 18.2 Å². The van der Waals surface area contributed by atoms with Crippen molar-refractivity contribution in [1.29, 1.82) is 0 Å². The Morgan fingerprint density at radius 1 is 1.27 bits per heavy atom. The van der Waals surface area contributed by atoms with Crippen molar-refractivity contribution in [2.75, 3.05) is 39.5 Å². The van der Waals surface area contributed by atoms with E-state index in [9.17, 15) is 4.79 Å². The minimum Gasteiger partial charge on any atom is -0.379 e. The molecule has 2 heterocycles. The largest absolute Gasteiger partial charge is 0.379 e. The molecule has 2 saturated heterocycles. The van der Waals surface area contributed by atoms with Gasteiger partial charge in [-0.05, 0) is 30.5 Å². The van der Waals surface area contributed by atoms with Gasteiger partial charge in [-0.25, -0.2) is 0 Å². The highest BCUT2D eigenvalue weighted by molar-refractivity contribution is 5.96. The molecule has 22 heavy (non-hydrogen) atoms. The first-order chi connectivity index (χ1) is 10.7. The van der Waals surface area contributed by atoms with E-state index in [1.54, 1.807) is 0 Å². The van der Waals surface area contributed by atoms with E-state index in [0.29, 0.717) is 6.61 Å². The van der Waals surface area contributed by atoms with Gasteiger partial charge < -0.3 is 14.8 Å². The monoisotopic (exact) mass is 304 g/mol.